The molecule has 2 aromatic rings. The molecule has 0 radical (unpaired) electrons. The molecule has 2 atom stereocenters. The molecule has 1 amide bonds. The third kappa shape index (κ3) is 2.87. The first-order valence-electron chi connectivity index (χ1n) is 7.33. The summed E-state index contributed by atoms with van der Waals surface area (Å²) in [7, 11) is 0. The highest BCUT2D eigenvalue weighted by molar-refractivity contribution is 7.10. The maximum Gasteiger partial charge on any atom is 0.240 e. The lowest BCUT2D eigenvalue weighted by Crippen LogP contribution is -2.48. The van der Waals surface area contributed by atoms with Gasteiger partial charge in [-0.2, -0.15) is 0 Å². The van der Waals surface area contributed by atoms with E-state index in [1.54, 1.807) is 11.3 Å². The van der Waals surface area contributed by atoms with Crippen molar-refractivity contribution < 1.29 is 4.79 Å². The maximum atomic E-state index is 12.6. The van der Waals surface area contributed by atoms with Gasteiger partial charge < -0.3 is 10.6 Å². The van der Waals surface area contributed by atoms with E-state index in [1.165, 1.54) is 10.4 Å². The van der Waals surface area contributed by atoms with Gasteiger partial charge in [-0.1, -0.05) is 30.3 Å². The van der Waals surface area contributed by atoms with E-state index in [1.807, 2.05) is 35.2 Å². The summed E-state index contributed by atoms with van der Waals surface area (Å²) >= 11 is 1.78. The molecule has 1 aromatic carbocycles. The first kappa shape index (κ1) is 14.3. The van der Waals surface area contributed by atoms with E-state index in [4.69, 9.17) is 5.73 Å². The lowest BCUT2D eigenvalue weighted by Gasteiger charge is -2.35. The third-order valence-electron chi connectivity index (χ3n) is 4.18. The molecule has 0 spiro atoms. The molecule has 3 rings (SSSR count). The Balaban J connectivity index is 1.71. The zero-order valence-electron chi connectivity index (χ0n) is 12.2. The van der Waals surface area contributed by atoms with Crippen LogP contribution < -0.4 is 5.73 Å². The minimum atomic E-state index is -0.463. The van der Waals surface area contributed by atoms with Crippen molar-refractivity contribution in [2.24, 2.45) is 5.73 Å². The van der Waals surface area contributed by atoms with Gasteiger partial charge in [0, 0.05) is 11.4 Å². The van der Waals surface area contributed by atoms with Gasteiger partial charge in [-0.25, -0.2) is 0 Å². The van der Waals surface area contributed by atoms with Crippen LogP contribution in [0.2, 0.25) is 0 Å². The van der Waals surface area contributed by atoms with E-state index in [9.17, 15) is 4.79 Å². The fourth-order valence-electron chi connectivity index (χ4n) is 2.98. The number of carbonyl (C=O) groups is 1. The summed E-state index contributed by atoms with van der Waals surface area (Å²) in [6.45, 7) is 2.87. The standard InChI is InChI=1S/C17H20N2OS/c1-12-14-8-10-21-16(14)7-9-19(12)17(20)15(18)11-13-5-3-2-4-6-13/h2-6,8,10,12,15H,7,9,11,18H2,1H3. The molecule has 0 saturated heterocycles. The summed E-state index contributed by atoms with van der Waals surface area (Å²) in [6, 6.07) is 11.8. The van der Waals surface area contributed by atoms with Gasteiger partial charge in [0.1, 0.15) is 0 Å². The first-order valence-corrected chi connectivity index (χ1v) is 8.21. The van der Waals surface area contributed by atoms with Crippen molar-refractivity contribution in [3.8, 4) is 0 Å². The largest absolute Gasteiger partial charge is 0.334 e. The normalized spacial score (nSPS) is 19.1. The fraction of sp³-hybridized carbons (Fsp3) is 0.353. The summed E-state index contributed by atoms with van der Waals surface area (Å²) in [5.41, 5.74) is 8.54. The van der Waals surface area contributed by atoms with E-state index in [0.717, 1.165) is 18.5 Å². The van der Waals surface area contributed by atoms with Crippen molar-refractivity contribution in [1.29, 1.82) is 0 Å². The van der Waals surface area contributed by atoms with Gasteiger partial charge in [0.2, 0.25) is 5.91 Å². The molecular formula is C17H20N2OS. The molecule has 1 aliphatic rings. The van der Waals surface area contributed by atoms with E-state index in [0.29, 0.717) is 6.42 Å². The van der Waals surface area contributed by atoms with Crippen molar-refractivity contribution in [1.82, 2.24) is 4.90 Å². The number of rotatable bonds is 3. The van der Waals surface area contributed by atoms with Gasteiger partial charge in [-0.05, 0) is 42.3 Å². The molecule has 3 nitrogen and oxygen atoms in total. The molecule has 2 unspecified atom stereocenters. The molecule has 21 heavy (non-hydrogen) atoms. The lowest BCUT2D eigenvalue weighted by atomic mass is 9.99. The Hall–Kier alpha value is -1.65. The molecule has 2 N–H and O–H groups in total. The second-order valence-electron chi connectivity index (χ2n) is 5.55. The number of fused-ring (bicyclic) bond motifs is 1. The predicted molar refractivity (Wildman–Crippen MR) is 86.3 cm³/mol. The summed E-state index contributed by atoms with van der Waals surface area (Å²) in [4.78, 5) is 16.0. The molecule has 2 heterocycles. The molecule has 0 bridgehead atoms. The second kappa shape index (κ2) is 6.00. The monoisotopic (exact) mass is 300 g/mol. The highest BCUT2D eigenvalue weighted by Gasteiger charge is 2.30. The van der Waals surface area contributed by atoms with Crippen LogP contribution in [0, 0.1) is 0 Å². The van der Waals surface area contributed by atoms with Gasteiger partial charge in [0.25, 0.3) is 0 Å². The van der Waals surface area contributed by atoms with Crippen LogP contribution in [0.5, 0.6) is 0 Å². The Bertz CT molecular complexity index is 623. The van der Waals surface area contributed by atoms with Crippen molar-refractivity contribution in [3.63, 3.8) is 0 Å². The van der Waals surface area contributed by atoms with Crippen LogP contribution in [0.3, 0.4) is 0 Å². The molecule has 1 aromatic heterocycles. The quantitative estimate of drug-likeness (QED) is 0.947. The molecule has 4 heteroatoms. The minimum absolute atomic E-state index is 0.0585. The fourth-order valence-corrected chi connectivity index (χ4v) is 3.94. The number of benzene rings is 1. The van der Waals surface area contributed by atoms with E-state index < -0.39 is 6.04 Å². The van der Waals surface area contributed by atoms with Gasteiger partial charge in [-0.3, -0.25) is 4.79 Å². The maximum absolute atomic E-state index is 12.6. The van der Waals surface area contributed by atoms with E-state index in [-0.39, 0.29) is 11.9 Å². The molecule has 110 valence electrons. The van der Waals surface area contributed by atoms with Crippen molar-refractivity contribution >= 4 is 17.2 Å². The smallest absolute Gasteiger partial charge is 0.240 e. The van der Waals surface area contributed by atoms with Crippen LogP contribution >= 0.6 is 11.3 Å². The summed E-state index contributed by atoms with van der Waals surface area (Å²) in [6.07, 6.45) is 1.54. The Morgan fingerprint density at radius 1 is 1.38 bits per heavy atom. The number of nitrogens with two attached hydrogens (primary N) is 1. The van der Waals surface area contributed by atoms with E-state index >= 15 is 0 Å². The topological polar surface area (TPSA) is 46.3 Å². The summed E-state index contributed by atoms with van der Waals surface area (Å²) < 4.78 is 0. The lowest BCUT2D eigenvalue weighted by molar-refractivity contribution is -0.135. The third-order valence-corrected chi connectivity index (χ3v) is 5.17. The zero-order valence-corrected chi connectivity index (χ0v) is 13.0. The van der Waals surface area contributed by atoms with Gasteiger partial charge in [0.05, 0.1) is 12.1 Å². The highest BCUT2D eigenvalue weighted by atomic mass is 32.1. The Morgan fingerprint density at radius 3 is 2.90 bits per heavy atom. The van der Waals surface area contributed by atoms with Crippen molar-refractivity contribution in [3.05, 3.63) is 57.8 Å². The first-order chi connectivity index (χ1) is 10.2. The van der Waals surface area contributed by atoms with Crippen molar-refractivity contribution in [2.75, 3.05) is 6.54 Å². The molecule has 0 aliphatic carbocycles. The van der Waals surface area contributed by atoms with Crippen LogP contribution in [0.1, 0.15) is 29.0 Å². The second-order valence-corrected chi connectivity index (χ2v) is 6.55. The average Bonchev–Trinajstić information content (AvgIpc) is 2.97. The summed E-state index contributed by atoms with van der Waals surface area (Å²) in [5.74, 6) is 0.0585. The minimum Gasteiger partial charge on any atom is -0.334 e. The number of thiophene rings is 1. The molecule has 0 saturated carbocycles. The Kier molecular flexibility index (Phi) is 4.08. The highest BCUT2D eigenvalue weighted by Crippen LogP contribution is 2.33. The van der Waals surface area contributed by atoms with Gasteiger partial charge >= 0.3 is 0 Å². The predicted octanol–water partition coefficient (Wildman–Crippen LogP) is 2.76. The molecule has 0 fully saturated rings. The number of carbonyl (C=O) groups excluding carboxylic acids is 1. The van der Waals surface area contributed by atoms with Crippen LogP contribution in [-0.4, -0.2) is 23.4 Å². The number of nitrogens with zero attached hydrogens (tertiary/aromatic N) is 1. The number of hydrogen-bond donors (Lipinski definition) is 1. The Labute approximate surface area is 129 Å². The summed E-state index contributed by atoms with van der Waals surface area (Å²) in [5, 5.41) is 2.11. The van der Waals surface area contributed by atoms with Crippen LogP contribution in [-0.2, 0) is 17.6 Å². The SMILES string of the molecule is CC1c2ccsc2CCN1C(=O)C(N)Cc1ccccc1. The number of amides is 1. The van der Waals surface area contributed by atoms with Crippen molar-refractivity contribution in [2.45, 2.75) is 31.8 Å². The molecule has 1 aliphatic heterocycles. The van der Waals surface area contributed by atoms with Crippen LogP contribution in [0.25, 0.3) is 0 Å². The van der Waals surface area contributed by atoms with Gasteiger partial charge in [0.15, 0.2) is 0 Å². The van der Waals surface area contributed by atoms with Gasteiger partial charge in [-0.15, -0.1) is 11.3 Å². The van der Waals surface area contributed by atoms with Crippen LogP contribution in [0.15, 0.2) is 41.8 Å². The number of hydrogen-bond acceptors (Lipinski definition) is 3. The van der Waals surface area contributed by atoms with Crippen LogP contribution in [0.4, 0.5) is 0 Å². The average molecular weight is 300 g/mol. The zero-order chi connectivity index (χ0) is 14.8. The molecular weight excluding hydrogens is 280 g/mol. The Morgan fingerprint density at radius 2 is 2.14 bits per heavy atom. The van der Waals surface area contributed by atoms with E-state index in [2.05, 4.69) is 18.4 Å².